The van der Waals surface area contributed by atoms with Crippen molar-refractivity contribution in [1.29, 1.82) is 0 Å². The van der Waals surface area contributed by atoms with Crippen LogP contribution in [0.1, 0.15) is 27.2 Å². The number of nitrogens with two attached hydrogens (primary N) is 1. The Morgan fingerprint density at radius 1 is 1.24 bits per heavy atom. The number of hydrogen-bond acceptors (Lipinski definition) is 4. The van der Waals surface area contributed by atoms with Gasteiger partial charge in [0.15, 0.2) is 5.84 Å². The largest absolute Gasteiger partial charge is 0.409 e. The second kappa shape index (κ2) is 6.51. The molecule has 0 fully saturated rings. The zero-order valence-electron chi connectivity index (χ0n) is 11.6. The zero-order valence-corrected chi connectivity index (χ0v) is 11.6. The van der Waals surface area contributed by atoms with Crippen LogP contribution in [0.3, 0.4) is 0 Å². The highest BCUT2D eigenvalue weighted by atomic mass is 16.4. The summed E-state index contributed by atoms with van der Waals surface area (Å²) in [7, 11) is 0. The number of hydrogen-bond donors (Lipinski definition) is 3. The topological polar surface area (TPSA) is 101 Å². The first kappa shape index (κ1) is 14.5. The Morgan fingerprint density at radius 2 is 1.90 bits per heavy atom. The van der Waals surface area contributed by atoms with Gasteiger partial charge in [0.2, 0.25) is 0 Å². The molecule has 4 N–H and O–H groups in total. The smallest absolute Gasteiger partial charge is 0.253 e. The van der Waals surface area contributed by atoms with Gasteiger partial charge in [0.05, 0.1) is 5.56 Å². The first-order valence-corrected chi connectivity index (χ1v) is 6.38. The lowest BCUT2D eigenvalue weighted by atomic mass is 10.1. The molecule has 0 saturated carbocycles. The quantitative estimate of drug-likeness (QED) is 0.342. The summed E-state index contributed by atoms with van der Waals surface area (Å²) >= 11 is 0. The molecule has 0 unspecified atom stereocenters. The number of amidine groups is 1. The Labute approximate surface area is 122 Å². The van der Waals surface area contributed by atoms with Crippen LogP contribution in [0.25, 0.3) is 0 Å². The van der Waals surface area contributed by atoms with Gasteiger partial charge >= 0.3 is 0 Å². The summed E-state index contributed by atoms with van der Waals surface area (Å²) < 4.78 is 0. The van der Waals surface area contributed by atoms with Crippen molar-refractivity contribution in [3.8, 4) is 0 Å². The summed E-state index contributed by atoms with van der Waals surface area (Å²) in [5.41, 5.74) is 8.40. The molecule has 1 amide bonds. The molecule has 0 radical (unpaired) electrons. The lowest BCUT2D eigenvalue weighted by molar-refractivity contribution is 0.0950. The van der Waals surface area contributed by atoms with Crippen molar-refractivity contribution in [1.82, 2.24) is 10.3 Å². The van der Waals surface area contributed by atoms with Crippen LogP contribution in [0, 0.1) is 6.92 Å². The molecule has 0 aliphatic rings. The van der Waals surface area contributed by atoms with Crippen molar-refractivity contribution in [3.63, 3.8) is 0 Å². The Balaban J connectivity index is 1.96. The number of nitrogens with one attached hydrogen (secondary N) is 1. The predicted molar refractivity (Wildman–Crippen MR) is 79.1 cm³/mol. The molecular formula is C15H16N4O2. The first-order chi connectivity index (χ1) is 10.1. The van der Waals surface area contributed by atoms with E-state index in [9.17, 15) is 4.79 Å². The molecule has 0 spiro atoms. The summed E-state index contributed by atoms with van der Waals surface area (Å²) in [6.07, 6.45) is 1.55. The van der Waals surface area contributed by atoms with Gasteiger partial charge in [0.25, 0.3) is 5.91 Å². The summed E-state index contributed by atoms with van der Waals surface area (Å²) in [5, 5.41) is 14.3. The normalized spacial score (nSPS) is 11.2. The van der Waals surface area contributed by atoms with Gasteiger partial charge in [-0.15, -0.1) is 0 Å². The van der Waals surface area contributed by atoms with E-state index < -0.39 is 0 Å². The van der Waals surface area contributed by atoms with Crippen LogP contribution in [-0.4, -0.2) is 21.9 Å². The number of rotatable bonds is 4. The number of amides is 1. The van der Waals surface area contributed by atoms with Crippen molar-refractivity contribution in [2.75, 3.05) is 0 Å². The van der Waals surface area contributed by atoms with E-state index in [1.54, 1.807) is 42.6 Å². The van der Waals surface area contributed by atoms with Gasteiger partial charge in [-0.05, 0) is 24.6 Å². The first-order valence-electron chi connectivity index (χ1n) is 6.38. The number of pyridine rings is 1. The molecule has 1 aromatic heterocycles. The Morgan fingerprint density at radius 3 is 2.48 bits per heavy atom. The number of aryl methyl sites for hydroxylation is 1. The molecule has 6 nitrogen and oxygen atoms in total. The van der Waals surface area contributed by atoms with Crippen molar-refractivity contribution >= 4 is 11.7 Å². The minimum absolute atomic E-state index is 0.0521. The van der Waals surface area contributed by atoms with Gasteiger partial charge in [0, 0.05) is 24.0 Å². The minimum atomic E-state index is -0.178. The van der Waals surface area contributed by atoms with Crippen molar-refractivity contribution in [3.05, 3.63) is 65.0 Å². The van der Waals surface area contributed by atoms with Crippen molar-refractivity contribution in [2.45, 2.75) is 13.5 Å². The van der Waals surface area contributed by atoms with Gasteiger partial charge in [-0.3, -0.25) is 9.78 Å². The van der Waals surface area contributed by atoms with Crippen LogP contribution in [-0.2, 0) is 6.54 Å². The molecule has 0 saturated heterocycles. The summed E-state index contributed by atoms with van der Waals surface area (Å²) in [6, 6.07) is 10.6. The number of aromatic nitrogens is 1. The highest BCUT2D eigenvalue weighted by Gasteiger charge is 2.05. The number of nitrogens with zero attached hydrogens (tertiary/aromatic N) is 2. The van der Waals surface area contributed by atoms with E-state index in [1.165, 1.54) is 0 Å². The van der Waals surface area contributed by atoms with E-state index >= 15 is 0 Å². The zero-order chi connectivity index (χ0) is 15.2. The average molecular weight is 284 g/mol. The summed E-state index contributed by atoms with van der Waals surface area (Å²) in [4.78, 5) is 16.0. The van der Waals surface area contributed by atoms with Crippen LogP contribution < -0.4 is 11.1 Å². The van der Waals surface area contributed by atoms with Gasteiger partial charge in [-0.25, -0.2) is 0 Å². The molecule has 1 aromatic carbocycles. The predicted octanol–water partition coefficient (Wildman–Crippen LogP) is 1.41. The highest BCUT2D eigenvalue weighted by molar-refractivity contribution is 5.97. The fourth-order valence-electron chi connectivity index (χ4n) is 1.74. The van der Waals surface area contributed by atoms with E-state index in [0.29, 0.717) is 17.7 Å². The molecular weight excluding hydrogens is 268 g/mol. The monoisotopic (exact) mass is 284 g/mol. The average Bonchev–Trinajstić information content (AvgIpc) is 2.53. The maximum Gasteiger partial charge on any atom is 0.253 e. The molecule has 2 rings (SSSR count). The van der Waals surface area contributed by atoms with E-state index in [-0.39, 0.29) is 11.7 Å². The number of benzene rings is 1. The minimum Gasteiger partial charge on any atom is -0.409 e. The van der Waals surface area contributed by atoms with Crippen molar-refractivity contribution < 1.29 is 10.0 Å². The Bertz CT molecular complexity index is 648. The molecule has 0 aliphatic carbocycles. The SMILES string of the molecule is Cc1ccc(C(=O)NCc2ccc(C(N)=NO)cc2)cn1. The van der Waals surface area contributed by atoms with Crippen LogP contribution in [0.5, 0.6) is 0 Å². The molecule has 6 heteroatoms. The van der Waals surface area contributed by atoms with Crippen LogP contribution in [0.2, 0.25) is 0 Å². The second-order valence-corrected chi connectivity index (χ2v) is 4.55. The summed E-state index contributed by atoms with van der Waals surface area (Å²) in [6.45, 7) is 2.26. The third kappa shape index (κ3) is 3.79. The second-order valence-electron chi connectivity index (χ2n) is 4.55. The molecule has 1 heterocycles. The Hall–Kier alpha value is -2.89. The van der Waals surface area contributed by atoms with Crippen LogP contribution in [0.15, 0.2) is 47.8 Å². The highest BCUT2D eigenvalue weighted by Crippen LogP contribution is 2.05. The molecule has 0 bridgehead atoms. The molecule has 21 heavy (non-hydrogen) atoms. The van der Waals surface area contributed by atoms with Gasteiger partial charge in [0.1, 0.15) is 0 Å². The van der Waals surface area contributed by atoms with E-state index in [0.717, 1.165) is 11.3 Å². The van der Waals surface area contributed by atoms with Crippen molar-refractivity contribution in [2.24, 2.45) is 10.9 Å². The van der Waals surface area contributed by atoms with E-state index in [4.69, 9.17) is 10.9 Å². The third-order valence-corrected chi connectivity index (χ3v) is 2.98. The molecule has 108 valence electrons. The third-order valence-electron chi connectivity index (χ3n) is 2.98. The Kier molecular flexibility index (Phi) is 4.50. The van der Waals surface area contributed by atoms with Crippen LogP contribution >= 0.6 is 0 Å². The lowest BCUT2D eigenvalue weighted by Gasteiger charge is -2.06. The van der Waals surface area contributed by atoms with Gasteiger partial charge in [-0.2, -0.15) is 0 Å². The number of carbonyl (C=O) groups is 1. The lowest BCUT2D eigenvalue weighted by Crippen LogP contribution is -2.23. The number of oxime groups is 1. The van der Waals surface area contributed by atoms with Crippen LogP contribution in [0.4, 0.5) is 0 Å². The van der Waals surface area contributed by atoms with Gasteiger partial charge < -0.3 is 16.3 Å². The maximum atomic E-state index is 11.9. The molecule has 0 aliphatic heterocycles. The van der Waals surface area contributed by atoms with E-state index in [2.05, 4.69) is 15.5 Å². The molecule has 2 aromatic rings. The maximum absolute atomic E-state index is 11.9. The summed E-state index contributed by atoms with van der Waals surface area (Å²) in [5.74, 6) is -0.126. The fraction of sp³-hybridized carbons (Fsp3) is 0.133. The number of carbonyl (C=O) groups excluding carboxylic acids is 1. The fourth-order valence-corrected chi connectivity index (χ4v) is 1.74. The van der Waals surface area contributed by atoms with Gasteiger partial charge in [-0.1, -0.05) is 29.4 Å². The standard InChI is InChI=1S/C15H16N4O2/c1-10-2-5-13(9-17-10)15(20)18-8-11-3-6-12(7-4-11)14(16)19-21/h2-7,9,21H,8H2,1H3,(H2,16,19)(H,18,20). The molecule has 0 atom stereocenters. The van der Waals surface area contributed by atoms with E-state index in [1.807, 2.05) is 6.92 Å².